The minimum Gasteiger partial charge on any atom is -0.504 e. The van der Waals surface area contributed by atoms with E-state index in [-0.39, 0.29) is 18.1 Å². The number of rotatable bonds is 1. The molecule has 1 N–H and O–H groups in total. The van der Waals surface area contributed by atoms with Gasteiger partial charge in [0.15, 0.2) is 23.0 Å². The normalized spacial score (nSPS) is 14.3. The fourth-order valence-corrected chi connectivity index (χ4v) is 3.69. The van der Waals surface area contributed by atoms with Crippen molar-refractivity contribution in [2.24, 2.45) is 0 Å². The average Bonchev–Trinajstić information content (AvgIpc) is 3.10. The molecule has 126 valence electrons. The summed E-state index contributed by atoms with van der Waals surface area (Å²) in [6, 6.07) is 9.14. The summed E-state index contributed by atoms with van der Waals surface area (Å²) in [7, 11) is 1.53. The van der Waals surface area contributed by atoms with Gasteiger partial charge in [-0.05, 0) is 41.6 Å². The first kappa shape index (κ1) is 14.2. The zero-order valence-corrected chi connectivity index (χ0v) is 13.5. The van der Waals surface area contributed by atoms with Crippen LogP contribution in [0.25, 0.3) is 22.0 Å². The standard InChI is InChI=1S/C19H15NO5/c1-23-16-7-10-4-5-20-13(12(10)8-14(16)21)6-11-2-3-15-18(25-9-24-15)17(11)19(20)22/h2-3,6-8,21H,4-5,9H2,1H3. The molecule has 25 heavy (non-hydrogen) atoms. The Balaban J connectivity index is 1.83. The van der Waals surface area contributed by atoms with E-state index in [0.717, 1.165) is 22.2 Å². The third-order valence-electron chi connectivity index (χ3n) is 4.90. The van der Waals surface area contributed by atoms with Crippen LogP contribution >= 0.6 is 0 Å². The molecule has 0 aliphatic carbocycles. The monoisotopic (exact) mass is 337 g/mol. The molecule has 0 unspecified atom stereocenters. The van der Waals surface area contributed by atoms with Gasteiger partial charge in [-0.15, -0.1) is 0 Å². The molecule has 0 amide bonds. The number of hydrogen-bond acceptors (Lipinski definition) is 5. The molecule has 0 radical (unpaired) electrons. The van der Waals surface area contributed by atoms with Crippen molar-refractivity contribution >= 4 is 10.8 Å². The second kappa shape index (κ2) is 4.92. The SMILES string of the molecule is COc1cc2c(cc1O)-c1cc3ccc4c(c3c(=O)n1CC2)OCO4. The molecule has 2 aliphatic heterocycles. The Hall–Kier alpha value is -3.15. The molecule has 6 heteroatoms. The van der Waals surface area contributed by atoms with Crippen molar-refractivity contribution in [2.75, 3.05) is 13.9 Å². The molecule has 2 aliphatic rings. The van der Waals surface area contributed by atoms with E-state index in [1.165, 1.54) is 7.11 Å². The minimum absolute atomic E-state index is 0.0629. The topological polar surface area (TPSA) is 69.9 Å². The van der Waals surface area contributed by atoms with E-state index >= 15 is 0 Å². The summed E-state index contributed by atoms with van der Waals surface area (Å²) in [6.45, 7) is 0.696. The van der Waals surface area contributed by atoms with Gasteiger partial charge < -0.3 is 23.9 Å². The Morgan fingerprint density at radius 2 is 2.08 bits per heavy atom. The Morgan fingerprint density at radius 3 is 2.92 bits per heavy atom. The Morgan fingerprint density at radius 1 is 1.20 bits per heavy atom. The number of fused-ring (bicyclic) bond motifs is 6. The van der Waals surface area contributed by atoms with Crippen LogP contribution in [0.2, 0.25) is 0 Å². The predicted octanol–water partition coefficient (Wildman–Crippen LogP) is 2.67. The first-order valence-electron chi connectivity index (χ1n) is 8.04. The highest BCUT2D eigenvalue weighted by Gasteiger charge is 2.25. The lowest BCUT2D eigenvalue weighted by Gasteiger charge is -2.23. The summed E-state index contributed by atoms with van der Waals surface area (Å²) in [6.07, 6.45) is 0.691. The van der Waals surface area contributed by atoms with Crippen LogP contribution in [-0.4, -0.2) is 23.6 Å². The van der Waals surface area contributed by atoms with E-state index in [4.69, 9.17) is 14.2 Å². The van der Waals surface area contributed by atoms with Gasteiger partial charge >= 0.3 is 0 Å². The number of ether oxygens (including phenoxy) is 3. The number of hydrogen-bond donors (Lipinski definition) is 1. The molecule has 0 saturated heterocycles. The van der Waals surface area contributed by atoms with Crippen LogP contribution in [0, 0.1) is 0 Å². The maximum Gasteiger partial charge on any atom is 0.262 e. The zero-order chi connectivity index (χ0) is 17.1. The van der Waals surface area contributed by atoms with Crippen LogP contribution in [0.1, 0.15) is 5.56 Å². The van der Waals surface area contributed by atoms with Crippen molar-refractivity contribution in [1.29, 1.82) is 0 Å². The first-order chi connectivity index (χ1) is 12.2. The molecule has 3 aromatic rings. The second-order valence-corrected chi connectivity index (χ2v) is 6.18. The molecule has 0 fully saturated rings. The van der Waals surface area contributed by atoms with Crippen LogP contribution in [-0.2, 0) is 13.0 Å². The van der Waals surface area contributed by atoms with Crippen molar-refractivity contribution < 1.29 is 19.3 Å². The Bertz CT molecular complexity index is 1100. The molecule has 0 spiro atoms. The van der Waals surface area contributed by atoms with Crippen molar-refractivity contribution in [1.82, 2.24) is 4.57 Å². The second-order valence-electron chi connectivity index (χ2n) is 6.18. The Labute approximate surface area is 142 Å². The summed E-state index contributed by atoms with van der Waals surface area (Å²) < 4.78 is 17.8. The lowest BCUT2D eigenvalue weighted by Crippen LogP contribution is -2.26. The molecule has 2 aromatic carbocycles. The Kier molecular flexibility index (Phi) is 2.80. The molecule has 3 heterocycles. The average molecular weight is 337 g/mol. The van der Waals surface area contributed by atoms with Crippen LogP contribution in [0.3, 0.4) is 0 Å². The zero-order valence-electron chi connectivity index (χ0n) is 13.5. The number of aromatic hydroxyl groups is 1. The van der Waals surface area contributed by atoms with Gasteiger partial charge in [0.25, 0.3) is 5.56 Å². The van der Waals surface area contributed by atoms with Crippen molar-refractivity contribution in [3.8, 4) is 34.3 Å². The molecular formula is C19H15NO5. The molecule has 6 nitrogen and oxygen atoms in total. The van der Waals surface area contributed by atoms with Crippen LogP contribution < -0.4 is 19.8 Å². The van der Waals surface area contributed by atoms with E-state index < -0.39 is 0 Å². The highest BCUT2D eigenvalue weighted by molar-refractivity contribution is 5.93. The van der Waals surface area contributed by atoms with Gasteiger partial charge in [0.05, 0.1) is 18.2 Å². The maximum atomic E-state index is 13.1. The number of aryl methyl sites for hydroxylation is 1. The fourth-order valence-electron chi connectivity index (χ4n) is 3.69. The summed E-state index contributed by atoms with van der Waals surface area (Å²) in [4.78, 5) is 13.1. The maximum absolute atomic E-state index is 13.1. The fraction of sp³-hybridized carbons (Fsp3) is 0.211. The number of pyridine rings is 1. The van der Waals surface area contributed by atoms with Crippen molar-refractivity contribution in [3.63, 3.8) is 0 Å². The number of aromatic nitrogens is 1. The number of methoxy groups -OCH3 is 1. The summed E-state index contributed by atoms with van der Waals surface area (Å²) in [5.74, 6) is 1.62. The predicted molar refractivity (Wildman–Crippen MR) is 91.7 cm³/mol. The molecule has 5 rings (SSSR count). The number of benzene rings is 2. The minimum atomic E-state index is -0.101. The number of nitrogens with zero attached hydrogens (tertiary/aromatic N) is 1. The van der Waals surface area contributed by atoms with E-state index in [0.29, 0.717) is 35.6 Å². The third kappa shape index (κ3) is 1.88. The van der Waals surface area contributed by atoms with Crippen LogP contribution in [0.5, 0.6) is 23.0 Å². The highest BCUT2D eigenvalue weighted by atomic mass is 16.7. The lowest BCUT2D eigenvalue weighted by molar-refractivity contribution is 0.174. The summed E-state index contributed by atoms with van der Waals surface area (Å²) in [5.41, 5.74) is 2.58. The van der Waals surface area contributed by atoms with Gasteiger partial charge in [0.1, 0.15) is 0 Å². The van der Waals surface area contributed by atoms with Gasteiger partial charge in [0.2, 0.25) is 6.79 Å². The van der Waals surface area contributed by atoms with Crippen LogP contribution in [0.15, 0.2) is 35.1 Å². The van der Waals surface area contributed by atoms with E-state index in [2.05, 4.69) is 0 Å². The van der Waals surface area contributed by atoms with Crippen LogP contribution in [0.4, 0.5) is 0 Å². The lowest BCUT2D eigenvalue weighted by atomic mass is 9.95. The summed E-state index contributed by atoms with van der Waals surface area (Å²) >= 11 is 0. The molecular weight excluding hydrogens is 322 g/mol. The molecule has 0 atom stereocenters. The van der Waals surface area contributed by atoms with Crippen molar-refractivity contribution in [3.05, 3.63) is 46.2 Å². The van der Waals surface area contributed by atoms with E-state index in [9.17, 15) is 9.90 Å². The third-order valence-corrected chi connectivity index (χ3v) is 4.90. The largest absolute Gasteiger partial charge is 0.504 e. The number of phenolic OH excluding ortho intramolecular Hbond substituents is 1. The first-order valence-corrected chi connectivity index (χ1v) is 8.04. The summed E-state index contributed by atoms with van der Waals surface area (Å²) in [5, 5.41) is 11.5. The quantitative estimate of drug-likeness (QED) is 0.739. The molecule has 0 saturated carbocycles. The van der Waals surface area contributed by atoms with Gasteiger partial charge in [-0.25, -0.2) is 0 Å². The van der Waals surface area contributed by atoms with Gasteiger partial charge in [-0.3, -0.25) is 4.79 Å². The van der Waals surface area contributed by atoms with Gasteiger partial charge in [-0.2, -0.15) is 0 Å². The van der Waals surface area contributed by atoms with Crippen molar-refractivity contribution in [2.45, 2.75) is 13.0 Å². The van der Waals surface area contributed by atoms with E-state index in [1.54, 1.807) is 10.6 Å². The molecule has 0 bridgehead atoms. The smallest absolute Gasteiger partial charge is 0.262 e. The van der Waals surface area contributed by atoms with E-state index in [1.807, 2.05) is 24.3 Å². The highest BCUT2D eigenvalue weighted by Crippen LogP contribution is 2.41. The van der Waals surface area contributed by atoms with Gasteiger partial charge in [-0.1, -0.05) is 6.07 Å². The number of phenols is 1. The molecule has 1 aromatic heterocycles. The van der Waals surface area contributed by atoms with Gasteiger partial charge in [0, 0.05) is 12.1 Å².